The first-order valence-corrected chi connectivity index (χ1v) is 3.60. The Labute approximate surface area is 81.9 Å². The standard InChI is InChI=1S/C6H4N4O5/c7-8-5-4(11)2-1-3(9(12)13)6(5)10(14)15/h1-2,4,11H. The van der Waals surface area contributed by atoms with Crippen LogP contribution in [0.5, 0.6) is 0 Å². The highest BCUT2D eigenvalue weighted by Gasteiger charge is 2.45. The molecule has 0 saturated carbocycles. The van der Waals surface area contributed by atoms with Gasteiger partial charge >= 0.3 is 17.1 Å². The van der Waals surface area contributed by atoms with Crippen molar-refractivity contribution in [2.75, 3.05) is 0 Å². The molecule has 9 nitrogen and oxygen atoms in total. The van der Waals surface area contributed by atoms with E-state index >= 15 is 0 Å². The fourth-order valence-corrected chi connectivity index (χ4v) is 1.06. The first kappa shape index (κ1) is 10.7. The molecular weight excluding hydrogens is 208 g/mol. The smallest absolute Gasteiger partial charge is 0.377 e. The van der Waals surface area contributed by atoms with Gasteiger partial charge in [-0.25, -0.2) is 0 Å². The van der Waals surface area contributed by atoms with Crippen molar-refractivity contribution < 1.29 is 19.7 Å². The molecule has 1 aliphatic carbocycles. The van der Waals surface area contributed by atoms with Gasteiger partial charge in [0.2, 0.25) is 0 Å². The lowest BCUT2D eigenvalue weighted by Crippen LogP contribution is -2.30. The number of aliphatic hydroxyl groups excluding tert-OH is 1. The Balaban J connectivity index is 3.47. The third kappa shape index (κ3) is 1.77. The van der Waals surface area contributed by atoms with Crippen molar-refractivity contribution in [3.05, 3.63) is 49.3 Å². The molecule has 1 rings (SSSR count). The Morgan fingerprint density at radius 2 is 2.00 bits per heavy atom. The second kappa shape index (κ2) is 3.78. The molecule has 0 saturated heterocycles. The highest BCUT2D eigenvalue weighted by Crippen LogP contribution is 2.17. The van der Waals surface area contributed by atoms with Crippen LogP contribution in [0.25, 0.3) is 5.53 Å². The zero-order chi connectivity index (χ0) is 11.6. The van der Waals surface area contributed by atoms with E-state index in [2.05, 4.69) is 4.79 Å². The molecule has 15 heavy (non-hydrogen) atoms. The molecule has 1 atom stereocenters. The molecule has 0 aromatic carbocycles. The van der Waals surface area contributed by atoms with Crippen molar-refractivity contribution in [3.8, 4) is 0 Å². The third-order valence-corrected chi connectivity index (χ3v) is 1.69. The molecule has 0 heterocycles. The zero-order valence-corrected chi connectivity index (χ0v) is 7.10. The summed E-state index contributed by atoms with van der Waals surface area (Å²) < 4.78 is 0. The van der Waals surface area contributed by atoms with Crippen LogP contribution in [-0.4, -0.2) is 31.6 Å². The maximum atomic E-state index is 10.5. The van der Waals surface area contributed by atoms with Gasteiger partial charge in [-0.15, -0.1) is 0 Å². The van der Waals surface area contributed by atoms with Crippen molar-refractivity contribution in [2.45, 2.75) is 6.10 Å². The summed E-state index contributed by atoms with van der Waals surface area (Å²) in [6.07, 6.45) is 0.177. The van der Waals surface area contributed by atoms with E-state index in [1.54, 1.807) is 0 Å². The first-order valence-electron chi connectivity index (χ1n) is 3.60. The van der Waals surface area contributed by atoms with Crippen LogP contribution in [0.15, 0.2) is 23.5 Å². The maximum Gasteiger partial charge on any atom is 0.432 e. The van der Waals surface area contributed by atoms with E-state index in [4.69, 9.17) is 10.6 Å². The van der Waals surface area contributed by atoms with Crippen molar-refractivity contribution in [3.63, 3.8) is 0 Å². The van der Waals surface area contributed by atoms with E-state index < -0.39 is 33.1 Å². The summed E-state index contributed by atoms with van der Waals surface area (Å²) in [6, 6.07) is 0. The summed E-state index contributed by atoms with van der Waals surface area (Å²) >= 11 is 0. The number of rotatable bonds is 2. The number of allylic oxidation sites excluding steroid dienone is 1. The average molecular weight is 212 g/mol. The van der Waals surface area contributed by atoms with E-state index in [1.807, 2.05) is 0 Å². The molecule has 1 aliphatic rings. The molecule has 0 spiro atoms. The Hall–Kier alpha value is -2.38. The summed E-state index contributed by atoms with van der Waals surface area (Å²) in [5.74, 6) is 0. The Kier molecular flexibility index (Phi) is 2.70. The van der Waals surface area contributed by atoms with E-state index in [0.717, 1.165) is 12.2 Å². The lowest BCUT2D eigenvalue weighted by Gasteiger charge is -2.03. The van der Waals surface area contributed by atoms with Crippen molar-refractivity contribution in [1.29, 1.82) is 0 Å². The van der Waals surface area contributed by atoms with Gasteiger partial charge in [-0.1, -0.05) is 0 Å². The van der Waals surface area contributed by atoms with Gasteiger partial charge in [-0.3, -0.25) is 20.2 Å². The van der Waals surface area contributed by atoms with Crippen LogP contribution in [0, 0.1) is 20.2 Å². The molecular formula is C6H4N4O5. The molecule has 0 bridgehead atoms. The fourth-order valence-electron chi connectivity index (χ4n) is 1.06. The van der Waals surface area contributed by atoms with Crippen LogP contribution in [0.3, 0.4) is 0 Å². The average Bonchev–Trinajstić information content (AvgIpc) is 2.16. The van der Waals surface area contributed by atoms with Gasteiger partial charge in [-0.05, 0) is 6.08 Å². The molecule has 0 aromatic rings. The number of nitro groups is 2. The largest absolute Gasteiger partial charge is 0.432 e. The number of nitrogens with zero attached hydrogens (tertiary/aromatic N) is 4. The molecule has 0 aliphatic heterocycles. The SMILES string of the molecule is [N-]=[N+]=C1C([N+](=O)[O-])=C([N+](=O)[O-])C=CC1O. The summed E-state index contributed by atoms with van der Waals surface area (Å²) in [5, 5.41) is 30.1. The van der Waals surface area contributed by atoms with Crippen LogP contribution in [0.4, 0.5) is 0 Å². The molecule has 78 valence electrons. The predicted octanol–water partition coefficient (Wildman–Crippen LogP) is -0.647. The molecule has 0 fully saturated rings. The van der Waals surface area contributed by atoms with E-state index in [-0.39, 0.29) is 0 Å². The summed E-state index contributed by atoms with van der Waals surface area (Å²) in [4.78, 5) is 21.3. The van der Waals surface area contributed by atoms with Gasteiger partial charge in [-0.2, -0.15) is 4.79 Å². The van der Waals surface area contributed by atoms with Gasteiger partial charge in [0.05, 0.1) is 9.85 Å². The van der Waals surface area contributed by atoms with Crippen LogP contribution < -0.4 is 0 Å². The highest BCUT2D eigenvalue weighted by atomic mass is 16.6. The number of hydrogen-bond donors (Lipinski definition) is 1. The zero-order valence-electron chi connectivity index (χ0n) is 7.10. The summed E-state index contributed by atoms with van der Waals surface area (Å²) in [5.41, 5.74) is 5.81. The molecule has 1 N–H and O–H groups in total. The van der Waals surface area contributed by atoms with Crippen LogP contribution in [0.1, 0.15) is 0 Å². The van der Waals surface area contributed by atoms with Gasteiger partial charge in [0.1, 0.15) is 0 Å². The second-order valence-electron chi connectivity index (χ2n) is 2.54. The van der Waals surface area contributed by atoms with Gasteiger partial charge in [0, 0.05) is 6.08 Å². The quantitative estimate of drug-likeness (QED) is 0.280. The minimum atomic E-state index is -1.53. The molecule has 9 heteroatoms. The monoisotopic (exact) mass is 212 g/mol. The molecule has 0 radical (unpaired) electrons. The minimum absolute atomic E-state index is 0.755. The van der Waals surface area contributed by atoms with Gasteiger partial charge < -0.3 is 10.6 Å². The van der Waals surface area contributed by atoms with E-state index in [0.29, 0.717) is 0 Å². The van der Waals surface area contributed by atoms with Crippen molar-refractivity contribution in [1.82, 2.24) is 0 Å². The second-order valence-corrected chi connectivity index (χ2v) is 2.54. The molecule has 0 amide bonds. The number of aliphatic hydroxyl groups is 1. The minimum Gasteiger partial charge on any atom is -0.377 e. The van der Waals surface area contributed by atoms with Gasteiger partial charge in [0.15, 0.2) is 6.10 Å². The van der Waals surface area contributed by atoms with E-state index in [9.17, 15) is 20.2 Å². The molecule has 1 unspecified atom stereocenters. The highest BCUT2D eigenvalue weighted by molar-refractivity contribution is 6.00. The van der Waals surface area contributed by atoms with Crippen molar-refractivity contribution in [2.24, 2.45) is 0 Å². The fraction of sp³-hybridized carbons (Fsp3) is 0.167. The Bertz CT molecular complexity index is 444. The topological polar surface area (TPSA) is 143 Å². The lowest BCUT2D eigenvalue weighted by molar-refractivity contribution is -0.463. The first-order chi connectivity index (χ1) is 6.99. The van der Waals surface area contributed by atoms with Crippen LogP contribution in [-0.2, 0) is 0 Å². The van der Waals surface area contributed by atoms with Crippen molar-refractivity contribution >= 4 is 5.71 Å². The van der Waals surface area contributed by atoms with E-state index in [1.165, 1.54) is 0 Å². The van der Waals surface area contributed by atoms with Gasteiger partial charge in [0.25, 0.3) is 0 Å². The third-order valence-electron chi connectivity index (χ3n) is 1.69. The Morgan fingerprint density at radius 1 is 1.40 bits per heavy atom. The maximum absolute atomic E-state index is 10.5. The van der Waals surface area contributed by atoms with Crippen LogP contribution in [0.2, 0.25) is 0 Å². The van der Waals surface area contributed by atoms with Crippen LogP contribution >= 0.6 is 0 Å². The molecule has 0 aromatic heterocycles. The predicted molar refractivity (Wildman–Crippen MR) is 44.8 cm³/mol. The summed E-state index contributed by atoms with van der Waals surface area (Å²) in [7, 11) is 0. The normalized spacial score (nSPS) is 20.1. The summed E-state index contributed by atoms with van der Waals surface area (Å²) in [6.45, 7) is 0. The Morgan fingerprint density at radius 3 is 2.40 bits per heavy atom. The number of hydrogen-bond acceptors (Lipinski definition) is 5. The lowest BCUT2D eigenvalue weighted by atomic mass is 10.0.